The molecule has 4 heteroatoms. The number of nitrogens with zero attached hydrogens (tertiary/aromatic N) is 1. The third-order valence-corrected chi connectivity index (χ3v) is 7.24. The van der Waals surface area contributed by atoms with Gasteiger partial charge in [-0.05, 0) is 41.9 Å². The van der Waals surface area contributed by atoms with Crippen molar-refractivity contribution in [1.82, 2.24) is 0 Å². The molecule has 0 N–H and O–H groups in total. The van der Waals surface area contributed by atoms with E-state index in [-0.39, 0.29) is 17.1 Å². The molecule has 7 aliphatic rings. The van der Waals surface area contributed by atoms with Gasteiger partial charge in [-0.25, -0.2) is 0 Å². The van der Waals surface area contributed by atoms with Gasteiger partial charge in [-0.2, -0.15) is 0 Å². The van der Waals surface area contributed by atoms with Crippen molar-refractivity contribution in [1.29, 1.82) is 0 Å². The molecule has 2 heterocycles. The molecule has 2 saturated heterocycles. The summed E-state index contributed by atoms with van der Waals surface area (Å²) in [7, 11) is 0. The third kappa shape index (κ3) is 0.424. The van der Waals surface area contributed by atoms with Gasteiger partial charge in [0, 0.05) is 16.8 Å². The van der Waals surface area contributed by atoms with Crippen LogP contribution in [0.3, 0.4) is 0 Å². The van der Waals surface area contributed by atoms with Crippen LogP contribution in [0.1, 0.15) is 6.42 Å². The minimum absolute atomic E-state index is 0.0955. The van der Waals surface area contributed by atoms with Gasteiger partial charge in [-0.3, -0.25) is 10.1 Å². The predicted molar refractivity (Wildman–Crippen MR) is 52.0 cm³/mol. The highest BCUT2D eigenvalue weighted by Crippen LogP contribution is 2.90. The first kappa shape index (κ1) is 7.64. The van der Waals surface area contributed by atoms with Crippen LogP contribution >= 0.6 is 0 Å². The Morgan fingerprint density at radius 3 is 2.88 bits per heavy atom. The van der Waals surface area contributed by atoms with Crippen LogP contribution < -0.4 is 0 Å². The molecule has 0 spiro atoms. The normalized spacial score (nSPS) is 77.9. The quantitative estimate of drug-likeness (QED) is 0.509. The lowest BCUT2D eigenvalue weighted by Crippen LogP contribution is -2.51. The average Bonchev–Trinajstić information content (AvgIpc) is 2.73. The molecule has 0 aromatic carbocycles. The topological polar surface area (TPSA) is 52.4 Å². The van der Waals surface area contributed by atoms with E-state index in [0.29, 0.717) is 17.9 Å². The van der Waals surface area contributed by atoms with Crippen LogP contribution in [0.4, 0.5) is 0 Å². The first-order valence-corrected chi connectivity index (χ1v) is 6.54. The van der Waals surface area contributed by atoms with Crippen LogP contribution in [-0.4, -0.2) is 23.2 Å². The maximum Gasteiger partial charge on any atom is 0.233 e. The van der Waals surface area contributed by atoms with E-state index in [9.17, 15) is 10.1 Å². The highest BCUT2D eigenvalue weighted by atomic mass is 16.6. The van der Waals surface area contributed by atoms with Crippen molar-refractivity contribution >= 4 is 0 Å². The van der Waals surface area contributed by atoms with Gasteiger partial charge in [0.1, 0.15) is 5.60 Å². The standard InChI is InChI=1S/C12H13NO3/c14-13(15)2-12-9-4-1-3-5-6(4)10(12)8(5)11(16-12)7(3)9/h3-11H,1-2H2/t3-,4-,5-,6-,7+,8+,9+,10-,11+,12+/m0/s1. The summed E-state index contributed by atoms with van der Waals surface area (Å²) in [6.45, 7) is 0.0955. The first-order valence-electron chi connectivity index (χ1n) is 6.54. The van der Waals surface area contributed by atoms with Gasteiger partial charge < -0.3 is 4.74 Å². The summed E-state index contributed by atoms with van der Waals surface area (Å²) in [5.74, 6) is 6.13. The lowest BCUT2D eigenvalue weighted by Gasteiger charge is -2.44. The largest absolute Gasteiger partial charge is 0.364 e. The van der Waals surface area contributed by atoms with E-state index in [1.165, 1.54) is 6.42 Å². The van der Waals surface area contributed by atoms with E-state index in [4.69, 9.17) is 4.74 Å². The summed E-state index contributed by atoms with van der Waals surface area (Å²) in [6, 6.07) is 0. The van der Waals surface area contributed by atoms with Crippen LogP contribution in [0.2, 0.25) is 0 Å². The van der Waals surface area contributed by atoms with E-state index < -0.39 is 0 Å². The molecule has 16 heavy (non-hydrogen) atoms. The number of hydrogen-bond donors (Lipinski definition) is 0. The molecule has 7 rings (SSSR count). The van der Waals surface area contributed by atoms with E-state index >= 15 is 0 Å². The Kier molecular flexibility index (Phi) is 0.832. The number of nitro groups is 1. The lowest BCUT2D eigenvalue weighted by atomic mass is 9.57. The second kappa shape index (κ2) is 1.74. The Balaban J connectivity index is 1.62. The van der Waals surface area contributed by atoms with Crippen LogP contribution in [0.25, 0.3) is 0 Å². The minimum Gasteiger partial charge on any atom is -0.364 e. The van der Waals surface area contributed by atoms with Crippen molar-refractivity contribution in [3.63, 3.8) is 0 Å². The Labute approximate surface area is 92.5 Å². The SMILES string of the molecule is O=[N+]([O-])C[C@]12O[C@H]3[C@@H]4[C@H]5[C@@H]6C[C@@H]([C@@H]5[C@@H]41)[C@@H]2[C@@H]63. The number of ether oxygens (including phenoxy) is 1. The van der Waals surface area contributed by atoms with Crippen molar-refractivity contribution in [2.75, 3.05) is 6.54 Å². The zero-order valence-electron chi connectivity index (χ0n) is 8.78. The minimum atomic E-state index is -0.291. The van der Waals surface area contributed by atoms with Crippen molar-refractivity contribution in [3.8, 4) is 0 Å². The Hall–Kier alpha value is -0.640. The maximum atomic E-state index is 10.9. The molecule has 4 nitrogen and oxygen atoms in total. The number of hydrogen-bond acceptors (Lipinski definition) is 3. The molecule has 0 aromatic rings. The summed E-state index contributed by atoms with van der Waals surface area (Å²) < 4.78 is 6.22. The van der Waals surface area contributed by atoms with Gasteiger partial charge in [0.05, 0.1) is 6.10 Å². The van der Waals surface area contributed by atoms with Crippen molar-refractivity contribution in [2.45, 2.75) is 18.1 Å². The molecule has 10 atom stereocenters. The summed E-state index contributed by atoms with van der Waals surface area (Å²) in [6.07, 6.45) is 1.82. The predicted octanol–water partition coefficient (Wildman–Crippen LogP) is 0.788. The van der Waals surface area contributed by atoms with E-state index in [0.717, 1.165) is 35.5 Å². The van der Waals surface area contributed by atoms with Gasteiger partial charge in [0.25, 0.3) is 0 Å². The molecule has 0 unspecified atom stereocenters. The second-order valence-corrected chi connectivity index (χ2v) is 6.95. The molecular formula is C12H13NO3. The monoisotopic (exact) mass is 219 g/mol. The summed E-state index contributed by atoms with van der Waals surface area (Å²) in [4.78, 5) is 10.8. The van der Waals surface area contributed by atoms with Gasteiger partial charge in [-0.15, -0.1) is 0 Å². The summed E-state index contributed by atoms with van der Waals surface area (Å²) in [5, 5.41) is 10.9. The van der Waals surface area contributed by atoms with E-state index in [2.05, 4.69) is 0 Å². The van der Waals surface area contributed by atoms with Crippen molar-refractivity contribution < 1.29 is 9.66 Å². The van der Waals surface area contributed by atoms with Crippen LogP contribution in [0, 0.1) is 57.5 Å². The molecule has 5 aliphatic carbocycles. The highest BCUT2D eigenvalue weighted by molar-refractivity contribution is 5.39. The molecule has 2 aliphatic heterocycles. The van der Waals surface area contributed by atoms with Gasteiger partial charge in [-0.1, -0.05) is 0 Å². The molecule has 84 valence electrons. The van der Waals surface area contributed by atoms with Gasteiger partial charge in [0.2, 0.25) is 6.54 Å². The fourth-order valence-corrected chi connectivity index (χ4v) is 7.66. The zero-order chi connectivity index (χ0) is 10.4. The maximum absolute atomic E-state index is 10.9. The van der Waals surface area contributed by atoms with Gasteiger partial charge in [0.15, 0.2) is 0 Å². The zero-order valence-corrected chi connectivity index (χ0v) is 8.78. The Morgan fingerprint density at radius 1 is 1.19 bits per heavy atom. The second-order valence-electron chi connectivity index (χ2n) is 6.95. The van der Waals surface area contributed by atoms with E-state index in [1.54, 1.807) is 0 Å². The molecule has 0 amide bonds. The first-order chi connectivity index (χ1) is 7.74. The molecule has 5 saturated carbocycles. The molecule has 0 radical (unpaired) electrons. The Bertz CT molecular complexity index is 455. The lowest BCUT2D eigenvalue weighted by molar-refractivity contribution is -0.503. The smallest absolute Gasteiger partial charge is 0.233 e. The van der Waals surface area contributed by atoms with E-state index in [1.807, 2.05) is 0 Å². The molecule has 7 fully saturated rings. The van der Waals surface area contributed by atoms with Crippen molar-refractivity contribution in [3.05, 3.63) is 10.1 Å². The number of rotatable bonds is 2. The fourth-order valence-electron chi connectivity index (χ4n) is 7.66. The third-order valence-electron chi connectivity index (χ3n) is 7.24. The van der Waals surface area contributed by atoms with Crippen LogP contribution in [0.5, 0.6) is 0 Å². The molecule has 4 bridgehead atoms. The Morgan fingerprint density at radius 2 is 2.06 bits per heavy atom. The van der Waals surface area contributed by atoms with Crippen LogP contribution in [-0.2, 0) is 4.74 Å². The van der Waals surface area contributed by atoms with Gasteiger partial charge >= 0.3 is 0 Å². The average molecular weight is 219 g/mol. The highest BCUT2D eigenvalue weighted by Gasteiger charge is 2.93. The fraction of sp³-hybridized carbons (Fsp3) is 1.00. The van der Waals surface area contributed by atoms with Crippen molar-refractivity contribution in [2.24, 2.45) is 47.3 Å². The molecular weight excluding hydrogens is 206 g/mol. The summed E-state index contributed by atoms with van der Waals surface area (Å²) in [5.41, 5.74) is -0.291. The summed E-state index contributed by atoms with van der Waals surface area (Å²) >= 11 is 0. The molecule has 0 aromatic heterocycles. The van der Waals surface area contributed by atoms with Crippen LogP contribution in [0.15, 0.2) is 0 Å².